The number of carboxylic acids is 1. The zero-order valence-corrected chi connectivity index (χ0v) is 9.01. The number of nitrogens with one attached hydrogen (secondary N) is 1. The van der Waals surface area contributed by atoms with Gasteiger partial charge in [-0.2, -0.15) is 13.2 Å². The Balaban J connectivity index is 2.74. The molecule has 0 aliphatic carbocycles. The zero-order valence-electron chi connectivity index (χ0n) is 9.01. The number of hydrogen-bond donors (Lipinski definition) is 3. The summed E-state index contributed by atoms with van der Waals surface area (Å²) in [5.41, 5.74) is 4.40. The minimum absolute atomic E-state index is 0.0788. The van der Waals surface area contributed by atoms with Crippen molar-refractivity contribution in [2.75, 3.05) is 0 Å². The number of aromatic carboxylic acids is 1. The second-order valence-electron chi connectivity index (χ2n) is 3.75. The summed E-state index contributed by atoms with van der Waals surface area (Å²) in [5.74, 6) is -1.20. The largest absolute Gasteiger partial charge is 0.478 e. The normalized spacial score (nSPS) is 12.0. The molecule has 1 heterocycles. The number of alkyl halides is 3. The van der Waals surface area contributed by atoms with E-state index in [2.05, 4.69) is 4.98 Å². The van der Waals surface area contributed by atoms with E-state index >= 15 is 0 Å². The Morgan fingerprint density at radius 2 is 2.06 bits per heavy atom. The predicted octanol–water partition coefficient (Wildman–Crippen LogP) is 2.34. The van der Waals surface area contributed by atoms with E-state index in [4.69, 9.17) is 10.8 Å². The summed E-state index contributed by atoms with van der Waals surface area (Å²) in [6, 6.07) is 3.72. The van der Waals surface area contributed by atoms with Crippen LogP contribution in [0.5, 0.6) is 0 Å². The number of carboxylic acid groups (broad SMARTS) is 1. The Kier molecular flexibility index (Phi) is 2.78. The Morgan fingerprint density at radius 1 is 1.39 bits per heavy atom. The Bertz CT molecular complexity index is 617. The van der Waals surface area contributed by atoms with Gasteiger partial charge in [0, 0.05) is 23.0 Å². The first kappa shape index (κ1) is 12.4. The first-order valence-electron chi connectivity index (χ1n) is 4.99. The number of H-pyrrole nitrogens is 1. The summed E-state index contributed by atoms with van der Waals surface area (Å²) >= 11 is 0. The van der Waals surface area contributed by atoms with Crippen molar-refractivity contribution >= 4 is 16.9 Å². The number of carbonyl (C=O) groups is 1. The van der Waals surface area contributed by atoms with E-state index in [1.165, 1.54) is 18.2 Å². The molecule has 1 aromatic carbocycles. The van der Waals surface area contributed by atoms with Crippen LogP contribution in [0, 0.1) is 0 Å². The molecule has 0 saturated carbocycles. The quantitative estimate of drug-likeness (QED) is 0.773. The van der Waals surface area contributed by atoms with Gasteiger partial charge in [-0.1, -0.05) is 0 Å². The van der Waals surface area contributed by atoms with E-state index < -0.39 is 17.8 Å². The van der Waals surface area contributed by atoms with Crippen molar-refractivity contribution in [3.05, 3.63) is 35.0 Å². The van der Waals surface area contributed by atoms with Crippen molar-refractivity contribution in [1.82, 2.24) is 4.98 Å². The lowest BCUT2D eigenvalue weighted by atomic mass is 10.1. The third kappa shape index (κ3) is 1.92. The van der Waals surface area contributed by atoms with Gasteiger partial charge in [-0.25, -0.2) is 4.79 Å². The molecule has 2 aromatic rings. The van der Waals surface area contributed by atoms with Crippen molar-refractivity contribution in [2.24, 2.45) is 5.73 Å². The number of hydrogen-bond acceptors (Lipinski definition) is 2. The van der Waals surface area contributed by atoms with Crippen LogP contribution < -0.4 is 5.73 Å². The summed E-state index contributed by atoms with van der Waals surface area (Å²) in [4.78, 5) is 13.0. The highest BCUT2D eigenvalue weighted by atomic mass is 19.4. The molecule has 1 aromatic heterocycles. The average Bonchev–Trinajstić information content (AvgIpc) is 2.65. The molecule has 0 amide bonds. The lowest BCUT2D eigenvalue weighted by molar-refractivity contribution is -0.141. The molecular weight excluding hydrogens is 249 g/mol. The topological polar surface area (TPSA) is 79.1 Å². The average molecular weight is 258 g/mol. The van der Waals surface area contributed by atoms with Crippen molar-refractivity contribution < 1.29 is 23.1 Å². The summed E-state index contributed by atoms with van der Waals surface area (Å²) in [6.07, 6.45) is -4.54. The fourth-order valence-corrected chi connectivity index (χ4v) is 1.83. The summed E-state index contributed by atoms with van der Waals surface area (Å²) in [6.45, 7) is -0.322. The van der Waals surface area contributed by atoms with Gasteiger partial charge in [-0.15, -0.1) is 0 Å². The smallest absolute Gasteiger partial charge is 0.431 e. The molecule has 0 radical (unpaired) electrons. The molecule has 96 valence electrons. The first-order chi connectivity index (χ1) is 8.34. The van der Waals surface area contributed by atoms with E-state index in [0.717, 1.165) is 0 Å². The molecule has 18 heavy (non-hydrogen) atoms. The highest BCUT2D eigenvalue weighted by Crippen LogP contribution is 2.35. The van der Waals surface area contributed by atoms with Gasteiger partial charge < -0.3 is 15.8 Å². The van der Waals surface area contributed by atoms with E-state index in [-0.39, 0.29) is 28.6 Å². The minimum atomic E-state index is -4.54. The lowest BCUT2D eigenvalue weighted by Gasteiger charge is -2.06. The number of aromatic amines is 1. The molecule has 0 aliphatic heterocycles. The maximum Gasteiger partial charge on any atom is 0.431 e. The monoisotopic (exact) mass is 258 g/mol. The van der Waals surface area contributed by atoms with Crippen LogP contribution in [-0.4, -0.2) is 16.1 Å². The van der Waals surface area contributed by atoms with Crippen molar-refractivity contribution in [2.45, 2.75) is 12.7 Å². The Hall–Kier alpha value is -2.02. The standard InChI is InChI=1S/C11H9F3N2O2/c12-11(13,14)9-7(4-15)6-3-5(10(17)18)1-2-8(6)16-9/h1-3,16H,4,15H2,(H,17,18). The van der Waals surface area contributed by atoms with Crippen molar-refractivity contribution in [3.63, 3.8) is 0 Å². The fourth-order valence-electron chi connectivity index (χ4n) is 1.83. The number of halogens is 3. The summed E-state index contributed by atoms with van der Waals surface area (Å²) in [5, 5.41) is 9.00. The number of fused-ring (bicyclic) bond motifs is 1. The zero-order chi connectivity index (χ0) is 13.5. The van der Waals surface area contributed by atoms with Gasteiger partial charge in [-0.05, 0) is 18.2 Å². The fraction of sp³-hybridized carbons (Fsp3) is 0.182. The SMILES string of the molecule is NCc1c(C(F)(F)F)[nH]c2ccc(C(=O)O)cc12. The van der Waals surface area contributed by atoms with Crippen LogP contribution in [0.15, 0.2) is 18.2 Å². The van der Waals surface area contributed by atoms with Crippen LogP contribution in [0.25, 0.3) is 10.9 Å². The molecule has 0 aliphatic rings. The molecule has 0 atom stereocenters. The third-order valence-electron chi connectivity index (χ3n) is 2.64. The highest BCUT2D eigenvalue weighted by Gasteiger charge is 2.36. The van der Waals surface area contributed by atoms with Crippen LogP contribution >= 0.6 is 0 Å². The molecule has 0 spiro atoms. The van der Waals surface area contributed by atoms with Crippen LogP contribution in [0.3, 0.4) is 0 Å². The maximum atomic E-state index is 12.7. The number of aromatic nitrogens is 1. The summed E-state index contributed by atoms with van der Waals surface area (Å²) < 4.78 is 38.2. The van der Waals surface area contributed by atoms with E-state index in [1.54, 1.807) is 0 Å². The van der Waals surface area contributed by atoms with Crippen molar-refractivity contribution in [1.29, 1.82) is 0 Å². The highest BCUT2D eigenvalue weighted by molar-refractivity contribution is 5.95. The van der Waals surface area contributed by atoms with Crippen molar-refractivity contribution in [3.8, 4) is 0 Å². The van der Waals surface area contributed by atoms with Gasteiger partial charge in [0.1, 0.15) is 5.69 Å². The van der Waals surface area contributed by atoms with Gasteiger partial charge in [0.05, 0.1) is 5.56 Å². The second kappa shape index (κ2) is 4.02. The third-order valence-corrected chi connectivity index (χ3v) is 2.64. The van der Waals surface area contributed by atoms with Gasteiger partial charge in [-0.3, -0.25) is 0 Å². The Labute approximate surface area is 99.2 Å². The van der Waals surface area contributed by atoms with Crippen LogP contribution in [0.4, 0.5) is 13.2 Å². The molecule has 4 nitrogen and oxygen atoms in total. The van der Waals surface area contributed by atoms with E-state index in [0.29, 0.717) is 0 Å². The minimum Gasteiger partial charge on any atom is -0.478 e. The number of nitrogens with two attached hydrogens (primary N) is 1. The summed E-state index contributed by atoms with van der Waals surface area (Å²) in [7, 11) is 0. The van der Waals surface area contributed by atoms with Gasteiger partial charge in [0.25, 0.3) is 0 Å². The molecule has 0 bridgehead atoms. The molecular formula is C11H9F3N2O2. The van der Waals surface area contributed by atoms with E-state index in [1.807, 2.05) is 0 Å². The number of benzene rings is 1. The predicted molar refractivity (Wildman–Crippen MR) is 58.2 cm³/mol. The van der Waals surface area contributed by atoms with Crippen LogP contribution in [-0.2, 0) is 12.7 Å². The first-order valence-corrected chi connectivity index (χ1v) is 4.99. The van der Waals surface area contributed by atoms with Gasteiger partial charge >= 0.3 is 12.1 Å². The lowest BCUT2D eigenvalue weighted by Crippen LogP contribution is -2.11. The van der Waals surface area contributed by atoms with Gasteiger partial charge in [0.2, 0.25) is 0 Å². The van der Waals surface area contributed by atoms with Crippen LogP contribution in [0.2, 0.25) is 0 Å². The molecule has 0 saturated heterocycles. The molecule has 4 N–H and O–H groups in total. The van der Waals surface area contributed by atoms with E-state index in [9.17, 15) is 18.0 Å². The number of rotatable bonds is 2. The van der Waals surface area contributed by atoms with Gasteiger partial charge in [0.15, 0.2) is 0 Å². The molecule has 0 unspecified atom stereocenters. The molecule has 0 fully saturated rings. The van der Waals surface area contributed by atoms with Crippen LogP contribution in [0.1, 0.15) is 21.6 Å². The molecule has 2 rings (SSSR count). The Morgan fingerprint density at radius 3 is 2.56 bits per heavy atom. The second-order valence-corrected chi connectivity index (χ2v) is 3.75. The maximum absolute atomic E-state index is 12.7. The molecule has 7 heteroatoms.